The van der Waals surface area contributed by atoms with Crippen molar-refractivity contribution in [3.8, 4) is 113 Å². The molecule has 21 rings (SSSR count). The average molecular weight is 2080 g/mol. The van der Waals surface area contributed by atoms with E-state index in [9.17, 15) is 23.6 Å². The van der Waals surface area contributed by atoms with Crippen LogP contribution in [0.3, 0.4) is 0 Å². The predicted octanol–water partition coefficient (Wildman–Crippen LogP) is 34.0. The molecular weight excluding hydrogens is 1980 g/mol. The molecule has 0 unspecified atom stereocenters. The molecule has 0 aliphatic carbocycles. The zero-order chi connectivity index (χ0) is 105. The summed E-state index contributed by atoms with van der Waals surface area (Å²) in [4.78, 5) is 53.3. The van der Waals surface area contributed by atoms with Gasteiger partial charge in [-0.2, -0.15) is 0 Å². The lowest BCUT2D eigenvalue weighted by Gasteiger charge is -2.11. The Hall–Kier alpha value is -17.1. The van der Waals surface area contributed by atoms with Gasteiger partial charge in [0, 0.05) is 97.0 Å². The molecule has 16 aromatic carbocycles. The van der Waals surface area contributed by atoms with Gasteiger partial charge in [0.2, 0.25) is 0 Å². The van der Waals surface area contributed by atoms with Gasteiger partial charge in [-0.3, -0.25) is 19.2 Å². The molecule has 0 fully saturated rings. The highest BCUT2D eigenvalue weighted by Crippen LogP contribution is 2.46. The van der Waals surface area contributed by atoms with E-state index in [1.807, 2.05) is 328 Å². The number of halogens is 6. The molecule has 4 amide bonds. The molecule has 5 heterocycles. The zero-order valence-corrected chi connectivity index (χ0v) is 87.1. The molecule has 0 saturated carbocycles. The van der Waals surface area contributed by atoms with Crippen LogP contribution in [0, 0.1) is 75.1 Å². The number of carbonyl (C=O) groups excluding carboxylic acids is 4. The monoisotopic (exact) mass is 2080 g/mol. The highest BCUT2D eigenvalue weighted by Gasteiger charge is 2.34. The summed E-state index contributed by atoms with van der Waals surface area (Å²) in [7, 11) is 0. The van der Waals surface area contributed by atoms with E-state index < -0.39 is 11.7 Å². The summed E-state index contributed by atoms with van der Waals surface area (Å²) in [5.41, 5.74) is 25.9. The topological polar surface area (TPSA) is 259 Å². The van der Waals surface area contributed by atoms with Gasteiger partial charge in [-0.25, -0.2) is 4.39 Å². The summed E-state index contributed by atoms with van der Waals surface area (Å²) >= 11 is 32.4. The van der Waals surface area contributed by atoms with Crippen LogP contribution >= 0.6 is 58.0 Å². The van der Waals surface area contributed by atoms with Crippen LogP contribution in [0.4, 0.5) is 27.1 Å². The predicted molar refractivity (Wildman–Crippen MR) is 601 cm³/mol. The molecule has 0 radical (unpaired) electrons. The smallest absolute Gasteiger partial charge is 0.261 e. The van der Waals surface area contributed by atoms with E-state index in [1.165, 1.54) is 17.2 Å². The van der Waals surface area contributed by atoms with Crippen LogP contribution in [0.5, 0.6) is 0 Å². The summed E-state index contributed by atoms with van der Waals surface area (Å²) in [6.45, 7) is 20.4. The Kier molecular flexibility index (Phi) is 33.4. The molecule has 150 heavy (non-hydrogen) atoms. The molecule has 21 aromatic rings. The number of aryl methyl sites for hydroxylation is 10. The lowest BCUT2D eigenvalue weighted by Crippen LogP contribution is -2.23. The molecule has 0 saturated heterocycles. The van der Waals surface area contributed by atoms with Crippen LogP contribution in [0.1, 0.15) is 108 Å². The van der Waals surface area contributed by atoms with E-state index in [4.69, 9.17) is 80.6 Å². The molecular formula is C125H100Cl5FN10O9. The van der Waals surface area contributed by atoms with Crippen molar-refractivity contribution < 1.29 is 46.2 Å². The lowest BCUT2D eigenvalue weighted by molar-refractivity contribution is 0.0949. The number of benzene rings is 16. The highest BCUT2D eigenvalue weighted by molar-refractivity contribution is 6.36. The van der Waals surface area contributed by atoms with Crippen LogP contribution in [0.15, 0.2) is 393 Å². The van der Waals surface area contributed by atoms with Crippen molar-refractivity contribution in [2.45, 2.75) is 82.3 Å². The highest BCUT2D eigenvalue weighted by atomic mass is 35.5. The van der Waals surface area contributed by atoms with Gasteiger partial charge in [0.15, 0.2) is 28.8 Å². The minimum Gasteiger partial charge on any atom is -0.381 e. The number of rotatable bonds is 22. The first-order valence-electron chi connectivity index (χ1n) is 48.1. The first kappa shape index (κ1) is 104. The maximum absolute atomic E-state index is 14.0. The number of nitrogens with one attached hydrogen (secondary N) is 5. The Balaban J connectivity index is 0.000000128. The quantitative estimate of drug-likeness (QED) is 0.0423. The maximum Gasteiger partial charge on any atom is 0.261 e. The number of aromatic nitrogens is 5. The van der Waals surface area contributed by atoms with Crippen molar-refractivity contribution in [1.82, 2.24) is 31.1 Å². The molecule has 0 spiro atoms. The van der Waals surface area contributed by atoms with E-state index in [0.717, 1.165) is 106 Å². The van der Waals surface area contributed by atoms with Gasteiger partial charge < -0.3 is 49.2 Å². The molecule has 0 bridgehead atoms. The molecule has 19 nitrogen and oxygen atoms in total. The summed E-state index contributed by atoms with van der Waals surface area (Å²) in [5.74, 6) is 0.584. The fourth-order valence-electron chi connectivity index (χ4n) is 17.2. The van der Waals surface area contributed by atoms with Crippen LogP contribution < -0.4 is 26.6 Å². The molecule has 746 valence electrons. The molecule has 0 aliphatic rings. The Bertz CT molecular complexity index is 8340. The average Bonchev–Trinajstić information content (AvgIpc) is 1.59. The number of amides is 4. The van der Waals surface area contributed by atoms with Crippen molar-refractivity contribution in [3.05, 3.63) is 490 Å². The molecule has 0 aliphatic heterocycles. The van der Waals surface area contributed by atoms with Crippen molar-refractivity contribution >= 4 is 115 Å². The maximum atomic E-state index is 14.0. The first-order valence-corrected chi connectivity index (χ1v) is 50.0. The second-order valence-corrected chi connectivity index (χ2v) is 37.9. The number of hydrogen-bond acceptors (Lipinski definition) is 15. The van der Waals surface area contributed by atoms with Gasteiger partial charge in [-0.15, -0.1) is 0 Å². The Morgan fingerprint density at radius 1 is 0.267 bits per heavy atom. The van der Waals surface area contributed by atoms with Crippen molar-refractivity contribution in [2.24, 2.45) is 0 Å². The third kappa shape index (κ3) is 24.2. The summed E-state index contributed by atoms with van der Waals surface area (Å²) in [5, 5.41) is 41.6. The van der Waals surface area contributed by atoms with Gasteiger partial charge in [0.05, 0.1) is 25.1 Å². The van der Waals surface area contributed by atoms with Gasteiger partial charge in [0.25, 0.3) is 23.6 Å². The minimum atomic E-state index is -0.465. The second-order valence-electron chi connectivity index (χ2n) is 35.9. The Labute approximate surface area is 892 Å². The Morgan fingerprint density at radius 2 is 0.580 bits per heavy atom. The van der Waals surface area contributed by atoms with Crippen molar-refractivity contribution in [2.75, 3.05) is 21.3 Å². The lowest BCUT2D eigenvalue weighted by atomic mass is 9.96. The Morgan fingerprint density at radius 3 is 0.967 bits per heavy atom. The van der Waals surface area contributed by atoms with E-state index in [2.05, 4.69) is 114 Å². The largest absolute Gasteiger partial charge is 0.381 e. The van der Waals surface area contributed by atoms with Crippen LogP contribution in [-0.4, -0.2) is 49.4 Å². The van der Waals surface area contributed by atoms with E-state index in [1.54, 1.807) is 43.3 Å². The third-order valence-corrected chi connectivity index (χ3v) is 26.6. The van der Waals surface area contributed by atoms with Crippen molar-refractivity contribution in [3.63, 3.8) is 0 Å². The fraction of sp³-hybridized carbons (Fsp3) is 0.0960. The van der Waals surface area contributed by atoms with Gasteiger partial charge >= 0.3 is 0 Å². The van der Waals surface area contributed by atoms with Gasteiger partial charge in [-0.1, -0.05) is 392 Å². The van der Waals surface area contributed by atoms with Crippen molar-refractivity contribution in [1.29, 1.82) is 0 Å². The van der Waals surface area contributed by atoms with Crippen LogP contribution in [0.25, 0.3) is 124 Å². The van der Waals surface area contributed by atoms with E-state index in [0.29, 0.717) is 151 Å². The molecule has 0 atom stereocenters. The second kappa shape index (κ2) is 48.0. The normalized spacial score (nSPS) is 10.8. The first-order chi connectivity index (χ1) is 72.7. The summed E-state index contributed by atoms with van der Waals surface area (Å²) < 4.78 is 42.6. The number of carbonyl (C=O) groups is 4. The standard InChI is InChI=1S/C28H23ClN2O.C25H21ClN2O2.C24H18ClFN2O2.2C24H19ClN2O2/c1-18-13-15-21(16-14-18)30-17-24-27(26-19(2)7-5-12-25(26)29)31-32-28(24)23-11-6-9-20-8-3-4-10-22(20)23;1-16-11-13-18(14-12-16)15-27-25(29)22-23(21-17(2)7-6-10-20(21)26)28-30-24(22)19-8-4-3-5-9-19;1-14-11-12-17(13-19(14)26)27-24(29)21-22(20-15(2)7-6-10-18(20)25)28-30-23(21)16-8-4-3-5-9-16;1-15-8-6-12-18(14-15)26-24(28)21-22(20-16(2)9-7-13-19(20)25)27-29-23(21)17-10-4-3-5-11-17;1-15-11-13-18(14-12-15)26-24(28)21-22(20-16(2)7-6-10-19(20)25)27-29-23(21)17-8-4-3-5-9-17/h3-16,30H,17H2,1-2H3;3-14H,15H2,1-2H3,(H,27,29);3-13H,1-2H3,(H,27,29);2*3-14H,1-2H3,(H,26,28). The zero-order valence-electron chi connectivity index (χ0n) is 83.3. The summed E-state index contributed by atoms with van der Waals surface area (Å²) in [6.07, 6.45) is 0. The number of anilines is 4. The number of nitrogens with zero attached hydrogens (tertiary/aromatic N) is 5. The third-order valence-electron chi connectivity index (χ3n) is 25.0. The molecule has 25 heteroatoms. The van der Waals surface area contributed by atoms with E-state index >= 15 is 0 Å². The van der Waals surface area contributed by atoms with Gasteiger partial charge in [0.1, 0.15) is 56.5 Å². The number of hydrogen-bond donors (Lipinski definition) is 5. The number of fused-ring (bicyclic) bond motifs is 1. The molecule has 5 N–H and O–H groups in total. The fourth-order valence-corrected chi connectivity index (χ4v) is 18.8. The van der Waals surface area contributed by atoms with Crippen LogP contribution in [-0.2, 0) is 13.1 Å². The van der Waals surface area contributed by atoms with E-state index in [-0.39, 0.29) is 23.3 Å². The SMILES string of the molecule is Cc1ccc(CNC(=O)c2c(-c3c(C)cccc3Cl)noc2-c2ccccc2)cc1.Cc1ccc(NC(=O)c2c(-c3c(C)cccc3Cl)noc2-c2ccccc2)cc1.Cc1ccc(NC(=O)c2c(-c3c(C)cccc3Cl)noc2-c2ccccc2)cc1F.Cc1ccc(NCc2c(-c3c(C)cccc3Cl)noc2-c2cccc3ccccc23)cc1.Cc1cccc(NC(=O)c2c(-c3c(C)cccc3Cl)noc2-c2ccccc2)c1. The minimum absolute atomic E-state index is 0.235. The van der Waals surface area contributed by atoms with Gasteiger partial charge in [-0.05, 0) is 203 Å². The van der Waals surface area contributed by atoms with Crippen LogP contribution in [0.2, 0.25) is 25.1 Å². The molecule has 5 aromatic heterocycles. The summed E-state index contributed by atoms with van der Waals surface area (Å²) in [6, 6.07) is 116.